The summed E-state index contributed by atoms with van der Waals surface area (Å²) in [5, 5.41) is 7.96. The van der Waals surface area contributed by atoms with Gasteiger partial charge in [0.15, 0.2) is 5.69 Å². The summed E-state index contributed by atoms with van der Waals surface area (Å²) in [5.74, 6) is 0.260. The summed E-state index contributed by atoms with van der Waals surface area (Å²) in [6, 6.07) is 3.94. The zero-order valence-electron chi connectivity index (χ0n) is 17.6. The zero-order valence-corrected chi connectivity index (χ0v) is 17.6. The Hall–Kier alpha value is -2.02. The molecular weight excluding hydrogens is 354 g/mol. The molecule has 154 valence electrons. The molecule has 3 rings (SSSR count). The van der Waals surface area contributed by atoms with Gasteiger partial charge in [-0.15, -0.1) is 5.10 Å². The van der Waals surface area contributed by atoms with E-state index in [9.17, 15) is 9.59 Å². The van der Waals surface area contributed by atoms with Gasteiger partial charge < -0.3 is 9.80 Å². The third-order valence-corrected chi connectivity index (χ3v) is 6.38. The number of hydrogen-bond acceptors (Lipinski definition) is 5. The maximum absolute atomic E-state index is 13.0. The summed E-state index contributed by atoms with van der Waals surface area (Å²) in [4.78, 5) is 31.7. The monoisotopic (exact) mass is 387 g/mol. The van der Waals surface area contributed by atoms with Gasteiger partial charge >= 0.3 is 0 Å². The lowest BCUT2D eigenvalue weighted by molar-refractivity contribution is -0.144. The summed E-state index contributed by atoms with van der Waals surface area (Å²) in [6.07, 6.45) is 2.87. The molecule has 1 aromatic rings. The Morgan fingerprint density at radius 2 is 1.75 bits per heavy atom. The number of nitrogens with zero attached hydrogens (tertiary/aromatic N) is 5. The highest BCUT2D eigenvalue weighted by Crippen LogP contribution is 2.30. The Morgan fingerprint density at radius 3 is 2.29 bits per heavy atom. The molecule has 0 spiro atoms. The predicted molar refractivity (Wildman–Crippen MR) is 108 cm³/mol. The van der Waals surface area contributed by atoms with Crippen LogP contribution in [0.2, 0.25) is 0 Å². The molecule has 0 radical (unpaired) electrons. The van der Waals surface area contributed by atoms with Crippen LogP contribution in [0.15, 0.2) is 12.1 Å². The summed E-state index contributed by atoms with van der Waals surface area (Å²) in [5.41, 5.74) is 0.990. The molecule has 28 heavy (non-hydrogen) atoms. The number of carbonyl (C=O) groups is 2. The van der Waals surface area contributed by atoms with Crippen LogP contribution >= 0.6 is 0 Å². The SMILES string of the molecule is CCCC(C)(CC)C(=O)N1CCN(C2CN(C(=O)c3ccc(C)nn3)C2)CC1. The van der Waals surface area contributed by atoms with E-state index in [1.54, 1.807) is 6.07 Å². The molecule has 7 nitrogen and oxygen atoms in total. The van der Waals surface area contributed by atoms with E-state index in [-0.39, 0.29) is 11.3 Å². The van der Waals surface area contributed by atoms with E-state index in [2.05, 4.69) is 35.9 Å². The number of aromatic nitrogens is 2. The molecule has 2 aliphatic heterocycles. The van der Waals surface area contributed by atoms with Crippen LogP contribution in [0.3, 0.4) is 0 Å². The third-order valence-electron chi connectivity index (χ3n) is 6.38. The van der Waals surface area contributed by atoms with Gasteiger partial charge in [0.2, 0.25) is 5.91 Å². The number of piperazine rings is 1. The van der Waals surface area contributed by atoms with Crippen molar-refractivity contribution in [2.45, 2.75) is 53.0 Å². The Bertz CT molecular complexity index is 693. The summed E-state index contributed by atoms with van der Waals surface area (Å²) >= 11 is 0. The van der Waals surface area contributed by atoms with Gasteiger partial charge in [-0.1, -0.05) is 27.2 Å². The van der Waals surface area contributed by atoms with E-state index < -0.39 is 0 Å². The molecule has 0 bridgehead atoms. The minimum absolute atomic E-state index is 0.0455. The Balaban J connectivity index is 1.47. The zero-order chi connectivity index (χ0) is 20.3. The second-order valence-electron chi connectivity index (χ2n) is 8.42. The molecule has 3 heterocycles. The number of rotatable bonds is 6. The summed E-state index contributed by atoms with van der Waals surface area (Å²) in [7, 11) is 0. The highest BCUT2D eigenvalue weighted by Gasteiger charge is 2.39. The van der Waals surface area contributed by atoms with E-state index in [4.69, 9.17) is 0 Å². The van der Waals surface area contributed by atoms with Crippen LogP contribution in [0.25, 0.3) is 0 Å². The van der Waals surface area contributed by atoms with Gasteiger partial charge in [-0.3, -0.25) is 14.5 Å². The number of aryl methyl sites for hydroxylation is 1. The fourth-order valence-corrected chi connectivity index (χ4v) is 4.19. The molecule has 1 atom stereocenters. The number of likely N-dealkylation sites (tertiary alicyclic amines) is 1. The number of hydrogen-bond donors (Lipinski definition) is 0. The molecule has 2 saturated heterocycles. The quantitative estimate of drug-likeness (QED) is 0.746. The Labute approximate surface area is 168 Å². The van der Waals surface area contributed by atoms with E-state index in [1.165, 1.54) is 0 Å². The van der Waals surface area contributed by atoms with E-state index in [0.717, 1.165) is 64.2 Å². The van der Waals surface area contributed by atoms with Crippen molar-refractivity contribution in [2.75, 3.05) is 39.3 Å². The van der Waals surface area contributed by atoms with Crippen molar-refractivity contribution in [3.63, 3.8) is 0 Å². The van der Waals surface area contributed by atoms with Crippen molar-refractivity contribution < 1.29 is 9.59 Å². The third kappa shape index (κ3) is 4.19. The number of carbonyl (C=O) groups excluding carboxylic acids is 2. The van der Waals surface area contributed by atoms with Crippen molar-refractivity contribution in [1.82, 2.24) is 24.9 Å². The van der Waals surface area contributed by atoms with Gasteiger partial charge in [0, 0.05) is 50.7 Å². The summed E-state index contributed by atoms with van der Waals surface area (Å²) < 4.78 is 0. The fraction of sp³-hybridized carbons (Fsp3) is 0.714. The standard InChI is InChI=1S/C21H33N5O2/c1-5-9-21(4,6-2)20(28)25-12-10-24(11-13-25)17-14-26(15-17)19(27)18-8-7-16(3)22-23-18/h7-8,17H,5-6,9-15H2,1-4H3. The van der Waals surface area contributed by atoms with Crippen LogP contribution in [0.5, 0.6) is 0 Å². The van der Waals surface area contributed by atoms with Gasteiger partial charge in [-0.05, 0) is 31.9 Å². The molecule has 1 unspecified atom stereocenters. The molecule has 7 heteroatoms. The molecule has 0 aromatic carbocycles. The van der Waals surface area contributed by atoms with Gasteiger partial charge in [-0.2, -0.15) is 5.10 Å². The molecule has 2 fully saturated rings. The lowest BCUT2D eigenvalue weighted by Gasteiger charge is -2.48. The molecule has 1 aromatic heterocycles. The van der Waals surface area contributed by atoms with Gasteiger partial charge in [-0.25, -0.2) is 0 Å². The first-order chi connectivity index (χ1) is 13.4. The topological polar surface area (TPSA) is 69.6 Å². The van der Waals surface area contributed by atoms with Crippen LogP contribution < -0.4 is 0 Å². The first kappa shape index (κ1) is 20.7. The van der Waals surface area contributed by atoms with Crippen LogP contribution in [-0.4, -0.2) is 82.0 Å². The minimum atomic E-state index is -0.230. The highest BCUT2D eigenvalue weighted by molar-refractivity contribution is 5.92. The lowest BCUT2D eigenvalue weighted by Crippen LogP contribution is -2.65. The minimum Gasteiger partial charge on any atom is -0.340 e. The van der Waals surface area contributed by atoms with Crippen molar-refractivity contribution in [1.29, 1.82) is 0 Å². The van der Waals surface area contributed by atoms with E-state index in [0.29, 0.717) is 17.6 Å². The molecular formula is C21H33N5O2. The Morgan fingerprint density at radius 1 is 1.07 bits per heavy atom. The molecule has 0 aliphatic carbocycles. The fourth-order valence-electron chi connectivity index (χ4n) is 4.19. The molecule has 0 saturated carbocycles. The first-order valence-electron chi connectivity index (χ1n) is 10.5. The maximum atomic E-state index is 13.0. The van der Waals surface area contributed by atoms with Crippen LogP contribution in [0.1, 0.15) is 56.2 Å². The Kier molecular flexibility index (Phi) is 6.33. The normalized spacial score (nSPS) is 20.6. The van der Waals surface area contributed by atoms with Gasteiger partial charge in [0.25, 0.3) is 5.91 Å². The predicted octanol–water partition coefficient (Wildman–Crippen LogP) is 1.97. The van der Waals surface area contributed by atoms with Crippen molar-refractivity contribution >= 4 is 11.8 Å². The van der Waals surface area contributed by atoms with Crippen LogP contribution in [0, 0.1) is 12.3 Å². The second-order valence-corrected chi connectivity index (χ2v) is 8.42. The maximum Gasteiger partial charge on any atom is 0.274 e. The second kappa shape index (κ2) is 8.55. The van der Waals surface area contributed by atoms with E-state index >= 15 is 0 Å². The van der Waals surface area contributed by atoms with Crippen molar-refractivity contribution in [3.05, 3.63) is 23.5 Å². The molecule has 0 N–H and O–H groups in total. The highest BCUT2D eigenvalue weighted by atomic mass is 16.2. The van der Waals surface area contributed by atoms with Crippen molar-refractivity contribution in [2.24, 2.45) is 5.41 Å². The summed E-state index contributed by atoms with van der Waals surface area (Å²) in [6.45, 7) is 13.0. The van der Waals surface area contributed by atoms with Crippen LogP contribution in [-0.2, 0) is 4.79 Å². The number of amides is 2. The molecule has 2 aliphatic rings. The van der Waals surface area contributed by atoms with Gasteiger partial charge in [0.05, 0.1) is 5.69 Å². The first-order valence-corrected chi connectivity index (χ1v) is 10.5. The molecule has 2 amide bonds. The van der Waals surface area contributed by atoms with Gasteiger partial charge in [0.1, 0.15) is 0 Å². The van der Waals surface area contributed by atoms with E-state index in [1.807, 2.05) is 22.8 Å². The average Bonchev–Trinajstić information content (AvgIpc) is 2.67. The lowest BCUT2D eigenvalue weighted by atomic mass is 9.81. The van der Waals surface area contributed by atoms with Crippen LogP contribution in [0.4, 0.5) is 0 Å². The van der Waals surface area contributed by atoms with Crippen molar-refractivity contribution in [3.8, 4) is 0 Å². The average molecular weight is 388 g/mol. The smallest absolute Gasteiger partial charge is 0.274 e. The largest absolute Gasteiger partial charge is 0.340 e.